The minimum Gasteiger partial charge on any atom is -0.480 e. The summed E-state index contributed by atoms with van der Waals surface area (Å²) in [6.07, 6.45) is 1.41. The molecule has 4 rings (SSSR count). The Bertz CT molecular complexity index is 1790. The zero-order valence-electron chi connectivity index (χ0n) is 31.5. The molecule has 0 aliphatic heterocycles. The van der Waals surface area contributed by atoms with Crippen molar-refractivity contribution < 1.29 is 43.3 Å². The van der Waals surface area contributed by atoms with Gasteiger partial charge in [0.2, 0.25) is 17.7 Å². The van der Waals surface area contributed by atoms with Gasteiger partial charge in [-0.2, -0.15) is 0 Å². The smallest absolute Gasteiger partial charge is 0.407 e. The van der Waals surface area contributed by atoms with E-state index in [1.165, 1.54) is 6.08 Å². The Labute approximate surface area is 326 Å². The van der Waals surface area contributed by atoms with Gasteiger partial charge in [-0.15, -0.1) is 6.58 Å². The van der Waals surface area contributed by atoms with Gasteiger partial charge in [0, 0.05) is 12.3 Å². The van der Waals surface area contributed by atoms with Crippen LogP contribution in [0.5, 0.6) is 0 Å². The lowest BCUT2D eigenvalue weighted by atomic mass is 9.98. The van der Waals surface area contributed by atoms with E-state index in [1.54, 1.807) is 30.3 Å². The molecule has 3 aromatic rings. The van der Waals surface area contributed by atoms with Crippen LogP contribution in [0, 0.1) is 0 Å². The van der Waals surface area contributed by atoms with Gasteiger partial charge in [-0.3, -0.25) is 19.2 Å². The number of amides is 4. The van der Waals surface area contributed by atoms with Gasteiger partial charge in [0.15, 0.2) is 0 Å². The molecule has 1 aliphatic carbocycles. The average molecular weight is 770 g/mol. The summed E-state index contributed by atoms with van der Waals surface area (Å²) in [5, 5.41) is 20.0. The van der Waals surface area contributed by atoms with Gasteiger partial charge in [-0.25, -0.2) is 9.59 Å². The second-order valence-corrected chi connectivity index (χ2v) is 13.5. The molecule has 0 radical (unpaired) electrons. The monoisotopic (exact) mass is 769 g/mol. The highest BCUT2D eigenvalue weighted by molar-refractivity contribution is 5.96. The lowest BCUT2D eigenvalue weighted by molar-refractivity contribution is -0.146. The molecule has 0 fully saturated rings. The van der Waals surface area contributed by atoms with E-state index < -0.39 is 66.3 Å². The van der Waals surface area contributed by atoms with Crippen LogP contribution in [0.4, 0.5) is 4.79 Å². The molecule has 56 heavy (non-hydrogen) atoms. The number of hydrogen-bond donors (Lipinski definition) is 6. The van der Waals surface area contributed by atoms with Crippen molar-refractivity contribution in [3.8, 4) is 11.1 Å². The van der Waals surface area contributed by atoms with E-state index in [0.717, 1.165) is 22.3 Å². The van der Waals surface area contributed by atoms with Crippen LogP contribution in [0.15, 0.2) is 91.5 Å². The number of unbranched alkanes of at least 4 members (excludes halogenated alkanes) is 1. The second kappa shape index (κ2) is 21.8. The molecule has 0 aromatic heterocycles. The molecule has 14 nitrogen and oxygen atoms in total. The molecule has 0 saturated heterocycles. The van der Waals surface area contributed by atoms with E-state index in [1.807, 2.05) is 55.5 Å². The van der Waals surface area contributed by atoms with Crippen molar-refractivity contribution in [1.82, 2.24) is 21.3 Å². The molecule has 0 heterocycles. The molecular weight excluding hydrogens is 718 g/mol. The molecule has 4 atom stereocenters. The average Bonchev–Trinajstić information content (AvgIpc) is 3.51. The summed E-state index contributed by atoms with van der Waals surface area (Å²) in [4.78, 5) is 78.9. The molecule has 0 spiro atoms. The van der Waals surface area contributed by atoms with Gasteiger partial charge in [-0.05, 0) is 66.5 Å². The Kier molecular flexibility index (Phi) is 16.6. The van der Waals surface area contributed by atoms with Crippen LogP contribution in [0.3, 0.4) is 0 Å². The first-order valence-electron chi connectivity index (χ1n) is 18.8. The maximum atomic E-state index is 13.8. The van der Waals surface area contributed by atoms with Crippen LogP contribution in [0.25, 0.3) is 11.1 Å². The molecule has 7 N–H and O–H groups in total. The van der Waals surface area contributed by atoms with Gasteiger partial charge in [0.1, 0.15) is 30.8 Å². The number of esters is 1. The lowest BCUT2D eigenvalue weighted by Gasteiger charge is -2.26. The number of carboxylic acid groups (broad SMARTS) is 1. The largest absolute Gasteiger partial charge is 0.480 e. The third-order valence-corrected chi connectivity index (χ3v) is 9.30. The number of nitrogens with two attached hydrogens (primary N) is 1. The first kappa shape index (κ1) is 42.7. The molecule has 0 unspecified atom stereocenters. The Morgan fingerprint density at radius 3 is 1.93 bits per heavy atom. The molecule has 298 valence electrons. The third kappa shape index (κ3) is 12.2. The zero-order valence-corrected chi connectivity index (χ0v) is 31.5. The quantitative estimate of drug-likeness (QED) is 0.0495. The first-order valence-corrected chi connectivity index (χ1v) is 18.8. The number of carbonyl (C=O) groups excluding carboxylic acids is 5. The number of benzene rings is 3. The van der Waals surface area contributed by atoms with E-state index in [2.05, 4.69) is 27.8 Å². The predicted molar refractivity (Wildman–Crippen MR) is 209 cm³/mol. The molecule has 0 bridgehead atoms. The molecule has 3 aromatic carbocycles. The number of ether oxygens (including phenoxy) is 2. The highest BCUT2D eigenvalue weighted by Crippen LogP contribution is 2.44. The van der Waals surface area contributed by atoms with Crippen molar-refractivity contribution in [2.45, 2.75) is 82.0 Å². The van der Waals surface area contributed by atoms with E-state index in [-0.39, 0.29) is 38.4 Å². The highest BCUT2D eigenvalue weighted by atomic mass is 16.5. The fourth-order valence-electron chi connectivity index (χ4n) is 6.46. The van der Waals surface area contributed by atoms with Gasteiger partial charge < -0.3 is 41.6 Å². The normalized spacial score (nSPS) is 13.8. The Morgan fingerprint density at radius 1 is 0.750 bits per heavy atom. The highest BCUT2D eigenvalue weighted by Gasteiger charge is 2.33. The molecular formula is C42H51N5O9. The van der Waals surface area contributed by atoms with Crippen molar-refractivity contribution in [1.29, 1.82) is 0 Å². The van der Waals surface area contributed by atoms with Crippen molar-refractivity contribution in [3.63, 3.8) is 0 Å². The third-order valence-electron chi connectivity index (χ3n) is 9.30. The molecule has 4 amide bonds. The van der Waals surface area contributed by atoms with E-state index >= 15 is 0 Å². The molecule has 1 aliphatic rings. The van der Waals surface area contributed by atoms with E-state index in [4.69, 9.17) is 15.2 Å². The molecule has 14 heteroatoms. The summed E-state index contributed by atoms with van der Waals surface area (Å²) >= 11 is 0. The maximum Gasteiger partial charge on any atom is 0.407 e. The number of carbonyl (C=O) groups is 6. The number of rotatable bonds is 22. The van der Waals surface area contributed by atoms with Gasteiger partial charge in [0.05, 0.1) is 13.0 Å². The van der Waals surface area contributed by atoms with Crippen LogP contribution in [0.2, 0.25) is 0 Å². The van der Waals surface area contributed by atoms with Gasteiger partial charge in [0.25, 0.3) is 0 Å². The zero-order chi connectivity index (χ0) is 40.5. The second-order valence-electron chi connectivity index (χ2n) is 13.5. The Hall–Kier alpha value is -6.02. The topological polar surface area (TPSA) is 215 Å². The standard InChI is InChI=1S/C42H51N5O9/c1-3-14-33(38(49)46-36(41(52)53)24-27-15-6-5-7-16-27)44-39(50)34(21-12-13-22-43)45-40(51)35(25-37(48)55-23-4-2)47-42(54)56-26-32-30-19-10-8-17-28(30)29-18-9-11-20-31(29)32/h3,5-11,15-20,32-36H,1,4,12-14,21-26,43H2,2H3,(H,44,50)(H,45,51)(H,46,49)(H,47,54)(H,52,53)/t33-,34+,35+,36-/m1/s1. The minimum atomic E-state index is -1.48. The summed E-state index contributed by atoms with van der Waals surface area (Å²) in [5.74, 6) is -4.64. The summed E-state index contributed by atoms with van der Waals surface area (Å²) in [6.45, 7) is 5.84. The maximum absolute atomic E-state index is 13.8. The van der Waals surface area contributed by atoms with E-state index in [0.29, 0.717) is 31.4 Å². The van der Waals surface area contributed by atoms with Gasteiger partial charge in [-0.1, -0.05) is 91.9 Å². The fourth-order valence-corrected chi connectivity index (χ4v) is 6.46. The summed E-state index contributed by atoms with van der Waals surface area (Å²) in [5.41, 5.74) is 10.4. The summed E-state index contributed by atoms with van der Waals surface area (Å²) < 4.78 is 10.8. The van der Waals surface area contributed by atoms with Crippen molar-refractivity contribution in [2.75, 3.05) is 19.8 Å². The Morgan fingerprint density at radius 2 is 1.32 bits per heavy atom. The van der Waals surface area contributed by atoms with Crippen LogP contribution in [0.1, 0.15) is 68.1 Å². The van der Waals surface area contributed by atoms with Gasteiger partial charge >= 0.3 is 18.0 Å². The van der Waals surface area contributed by atoms with Crippen LogP contribution in [-0.2, 0) is 39.9 Å². The first-order chi connectivity index (χ1) is 27.1. The lowest BCUT2D eigenvalue weighted by Crippen LogP contribution is -2.58. The van der Waals surface area contributed by atoms with Crippen LogP contribution in [-0.4, -0.2) is 84.8 Å². The predicted octanol–water partition coefficient (Wildman–Crippen LogP) is 3.72. The molecule has 0 saturated carbocycles. The number of nitrogens with one attached hydrogen (secondary N) is 4. The van der Waals surface area contributed by atoms with Crippen LogP contribution >= 0.6 is 0 Å². The number of alkyl carbamates (subject to hydrolysis) is 1. The number of aliphatic carboxylic acids is 1. The summed E-state index contributed by atoms with van der Waals surface area (Å²) in [7, 11) is 0. The SMILES string of the molecule is C=CC[C@@H](NC(=O)[C@H](CCCCN)NC(=O)[C@H](CC(=O)OCCC)NC(=O)OCC1c2ccccc2-c2ccccc21)C(=O)N[C@H](Cc1ccccc1)C(=O)O. The fraction of sp³-hybridized carbons (Fsp3) is 0.381. The number of fused-ring (bicyclic) bond motifs is 3. The minimum absolute atomic E-state index is 0.00714. The van der Waals surface area contributed by atoms with Crippen molar-refractivity contribution in [2.24, 2.45) is 5.73 Å². The van der Waals surface area contributed by atoms with Crippen molar-refractivity contribution in [3.05, 3.63) is 108 Å². The number of hydrogen-bond acceptors (Lipinski definition) is 9. The number of carboxylic acids is 1. The van der Waals surface area contributed by atoms with E-state index in [9.17, 15) is 33.9 Å². The van der Waals surface area contributed by atoms with Crippen LogP contribution < -0.4 is 27.0 Å². The Balaban J connectivity index is 1.46. The van der Waals surface area contributed by atoms with Crippen molar-refractivity contribution >= 4 is 35.8 Å². The summed E-state index contributed by atoms with van der Waals surface area (Å²) in [6, 6.07) is 19.2.